The van der Waals surface area contributed by atoms with Gasteiger partial charge in [-0.15, -0.1) is 0 Å². The summed E-state index contributed by atoms with van der Waals surface area (Å²) in [6.07, 6.45) is -0.381. The van der Waals surface area contributed by atoms with E-state index in [4.69, 9.17) is 4.74 Å². The predicted molar refractivity (Wildman–Crippen MR) is 100 cm³/mol. The SMILES string of the molecule is CCNC(=O)[C@H]1N=C(c2ccc(C#Cc3ccccc3)cc2O)O[C@H]1C. The maximum Gasteiger partial charge on any atom is 0.248 e. The van der Waals surface area contributed by atoms with Crippen LogP contribution >= 0.6 is 0 Å². The van der Waals surface area contributed by atoms with Crippen molar-refractivity contribution in [2.45, 2.75) is 26.0 Å². The molecule has 1 heterocycles. The predicted octanol–water partition coefficient (Wildman–Crippen LogP) is 2.46. The highest BCUT2D eigenvalue weighted by Gasteiger charge is 2.34. The van der Waals surface area contributed by atoms with Gasteiger partial charge in [-0.2, -0.15) is 0 Å². The number of phenolic OH excluding ortho intramolecular Hbond substituents is 1. The summed E-state index contributed by atoms with van der Waals surface area (Å²) < 4.78 is 5.67. The maximum absolute atomic E-state index is 12.0. The largest absolute Gasteiger partial charge is 0.507 e. The van der Waals surface area contributed by atoms with E-state index >= 15 is 0 Å². The fourth-order valence-corrected chi connectivity index (χ4v) is 2.64. The van der Waals surface area contributed by atoms with Crippen molar-refractivity contribution in [3.05, 3.63) is 65.2 Å². The second-order valence-corrected chi connectivity index (χ2v) is 5.94. The number of carbonyl (C=O) groups excluding carboxylic acids is 1. The van der Waals surface area contributed by atoms with Crippen molar-refractivity contribution in [2.24, 2.45) is 4.99 Å². The highest BCUT2D eigenvalue weighted by atomic mass is 16.5. The zero-order valence-electron chi connectivity index (χ0n) is 14.7. The number of amides is 1. The molecule has 3 rings (SSSR count). The van der Waals surface area contributed by atoms with E-state index in [9.17, 15) is 9.90 Å². The Labute approximate surface area is 152 Å². The number of carbonyl (C=O) groups is 1. The number of benzene rings is 2. The van der Waals surface area contributed by atoms with Gasteiger partial charge in [-0.05, 0) is 44.2 Å². The van der Waals surface area contributed by atoms with Crippen LogP contribution in [0.15, 0.2) is 53.5 Å². The number of phenols is 1. The van der Waals surface area contributed by atoms with Crippen LogP contribution in [0.3, 0.4) is 0 Å². The number of rotatable bonds is 3. The average Bonchev–Trinajstić information content (AvgIpc) is 3.02. The van der Waals surface area contributed by atoms with Crippen LogP contribution in [-0.4, -0.2) is 35.6 Å². The molecule has 0 spiro atoms. The molecule has 0 aromatic heterocycles. The highest BCUT2D eigenvalue weighted by Crippen LogP contribution is 2.25. The van der Waals surface area contributed by atoms with Crippen molar-refractivity contribution >= 4 is 11.8 Å². The van der Waals surface area contributed by atoms with E-state index in [-0.39, 0.29) is 23.7 Å². The lowest BCUT2D eigenvalue weighted by molar-refractivity contribution is -0.123. The van der Waals surface area contributed by atoms with Gasteiger partial charge < -0.3 is 15.2 Å². The summed E-state index contributed by atoms with van der Waals surface area (Å²) in [4.78, 5) is 16.3. The molecule has 5 nitrogen and oxygen atoms in total. The Bertz CT molecular complexity index is 894. The molecule has 2 atom stereocenters. The molecule has 0 aliphatic carbocycles. The van der Waals surface area contributed by atoms with Gasteiger partial charge in [-0.1, -0.05) is 30.0 Å². The van der Waals surface area contributed by atoms with Gasteiger partial charge in [0.1, 0.15) is 11.9 Å². The van der Waals surface area contributed by atoms with Crippen LogP contribution < -0.4 is 5.32 Å². The fraction of sp³-hybridized carbons (Fsp3) is 0.238. The summed E-state index contributed by atoms with van der Waals surface area (Å²) in [6.45, 7) is 4.17. The number of aliphatic imine (C=N–C) groups is 1. The molecular weight excluding hydrogens is 328 g/mol. The molecule has 132 valence electrons. The van der Waals surface area contributed by atoms with Gasteiger partial charge in [0.2, 0.25) is 11.8 Å². The quantitative estimate of drug-likeness (QED) is 0.837. The Kier molecular flexibility index (Phi) is 5.23. The highest BCUT2D eigenvalue weighted by molar-refractivity contribution is 6.00. The molecule has 0 saturated heterocycles. The second kappa shape index (κ2) is 7.75. The lowest BCUT2D eigenvalue weighted by Crippen LogP contribution is -2.38. The fourth-order valence-electron chi connectivity index (χ4n) is 2.64. The van der Waals surface area contributed by atoms with Crippen molar-refractivity contribution in [2.75, 3.05) is 6.54 Å². The van der Waals surface area contributed by atoms with E-state index in [1.165, 1.54) is 0 Å². The van der Waals surface area contributed by atoms with Crippen molar-refractivity contribution in [3.63, 3.8) is 0 Å². The van der Waals surface area contributed by atoms with Gasteiger partial charge in [-0.25, -0.2) is 4.99 Å². The van der Waals surface area contributed by atoms with Gasteiger partial charge in [0.15, 0.2) is 6.04 Å². The monoisotopic (exact) mass is 348 g/mol. The molecule has 26 heavy (non-hydrogen) atoms. The van der Waals surface area contributed by atoms with E-state index in [0.717, 1.165) is 5.56 Å². The minimum atomic E-state index is -0.609. The Balaban J connectivity index is 1.81. The van der Waals surface area contributed by atoms with Gasteiger partial charge in [0.25, 0.3) is 0 Å². The van der Waals surface area contributed by atoms with Gasteiger partial charge in [-0.3, -0.25) is 4.79 Å². The van der Waals surface area contributed by atoms with E-state index in [0.29, 0.717) is 17.7 Å². The number of ether oxygens (including phenoxy) is 1. The third-order valence-electron chi connectivity index (χ3n) is 3.97. The van der Waals surface area contributed by atoms with Gasteiger partial charge >= 0.3 is 0 Å². The lowest BCUT2D eigenvalue weighted by atomic mass is 10.1. The molecule has 1 amide bonds. The number of nitrogens with zero attached hydrogens (tertiary/aromatic N) is 1. The third-order valence-corrected chi connectivity index (χ3v) is 3.97. The second-order valence-electron chi connectivity index (χ2n) is 5.94. The lowest BCUT2D eigenvalue weighted by Gasteiger charge is -2.12. The Morgan fingerprint density at radius 2 is 1.92 bits per heavy atom. The topological polar surface area (TPSA) is 70.9 Å². The number of aromatic hydroxyl groups is 1. The van der Waals surface area contributed by atoms with Crippen molar-refractivity contribution < 1.29 is 14.6 Å². The van der Waals surface area contributed by atoms with Crippen LogP contribution in [0.1, 0.15) is 30.5 Å². The maximum atomic E-state index is 12.0. The van der Waals surface area contributed by atoms with Crippen molar-refractivity contribution in [3.8, 4) is 17.6 Å². The number of nitrogens with one attached hydrogen (secondary N) is 1. The van der Waals surface area contributed by atoms with E-state index in [2.05, 4.69) is 22.2 Å². The van der Waals surface area contributed by atoms with Crippen LogP contribution in [0, 0.1) is 11.8 Å². The van der Waals surface area contributed by atoms with Crippen LogP contribution in [0.5, 0.6) is 5.75 Å². The van der Waals surface area contributed by atoms with Crippen LogP contribution in [0.2, 0.25) is 0 Å². The molecule has 2 N–H and O–H groups in total. The normalized spacial score (nSPS) is 18.3. The van der Waals surface area contributed by atoms with Crippen molar-refractivity contribution in [1.82, 2.24) is 5.32 Å². The molecule has 0 fully saturated rings. The van der Waals surface area contributed by atoms with E-state index in [1.54, 1.807) is 25.1 Å². The molecule has 0 saturated carbocycles. The Hall–Kier alpha value is -3.26. The smallest absolute Gasteiger partial charge is 0.248 e. The molecule has 0 unspecified atom stereocenters. The Morgan fingerprint density at radius 3 is 2.62 bits per heavy atom. The molecule has 0 bridgehead atoms. The first-order valence-corrected chi connectivity index (χ1v) is 8.51. The summed E-state index contributed by atoms with van der Waals surface area (Å²) in [5.74, 6) is 6.17. The van der Waals surface area contributed by atoms with E-state index in [1.807, 2.05) is 37.3 Å². The molecule has 5 heteroatoms. The summed E-state index contributed by atoms with van der Waals surface area (Å²) in [5, 5.41) is 13.1. The number of hydrogen-bond acceptors (Lipinski definition) is 4. The first-order chi connectivity index (χ1) is 12.6. The minimum absolute atomic E-state index is 0.0207. The summed E-state index contributed by atoms with van der Waals surface area (Å²) in [7, 11) is 0. The summed E-state index contributed by atoms with van der Waals surface area (Å²) >= 11 is 0. The summed E-state index contributed by atoms with van der Waals surface area (Å²) in [6, 6.07) is 14.1. The first-order valence-electron chi connectivity index (χ1n) is 8.51. The van der Waals surface area contributed by atoms with Crippen LogP contribution in [0.25, 0.3) is 0 Å². The Morgan fingerprint density at radius 1 is 1.19 bits per heavy atom. The number of likely N-dealkylation sites (N-methyl/N-ethyl adjacent to an activating group) is 1. The van der Waals surface area contributed by atoms with E-state index < -0.39 is 6.04 Å². The van der Waals surface area contributed by atoms with Crippen molar-refractivity contribution in [1.29, 1.82) is 0 Å². The van der Waals surface area contributed by atoms with Crippen LogP contribution in [0.4, 0.5) is 0 Å². The molecule has 1 aliphatic rings. The van der Waals surface area contributed by atoms with Crippen LogP contribution in [-0.2, 0) is 9.53 Å². The minimum Gasteiger partial charge on any atom is -0.507 e. The van der Waals surface area contributed by atoms with Gasteiger partial charge in [0.05, 0.1) is 5.56 Å². The molecule has 1 aliphatic heterocycles. The van der Waals surface area contributed by atoms with Gasteiger partial charge in [0, 0.05) is 17.7 Å². The summed E-state index contributed by atoms with van der Waals surface area (Å²) in [5.41, 5.74) is 2.04. The standard InChI is InChI=1S/C21H20N2O3/c1-3-22-20(25)19-14(2)26-21(23-19)17-12-11-16(13-18(17)24)10-9-15-7-5-4-6-8-15/h4-8,11-14,19,24H,3H2,1-2H3,(H,22,25)/t14-,19-/m0/s1. The molecule has 2 aromatic rings. The zero-order valence-corrected chi connectivity index (χ0v) is 14.7. The molecule has 2 aromatic carbocycles. The zero-order chi connectivity index (χ0) is 18.5. The average molecular weight is 348 g/mol. The third kappa shape index (κ3) is 3.86. The molecular formula is C21H20N2O3. The first kappa shape index (κ1) is 17.6. The number of hydrogen-bond donors (Lipinski definition) is 2. The molecule has 0 radical (unpaired) electrons.